The highest BCUT2D eigenvalue weighted by atomic mass is 16.5. The number of hydrogen-bond acceptors (Lipinski definition) is 5. The first kappa shape index (κ1) is 13.1. The summed E-state index contributed by atoms with van der Waals surface area (Å²) in [6.07, 6.45) is -0.627. The van der Waals surface area contributed by atoms with Crippen LogP contribution in [0.2, 0.25) is 0 Å². The van der Waals surface area contributed by atoms with E-state index in [9.17, 15) is 9.59 Å². The van der Waals surface area contributed by atoms with Gasteiger partial charge in [0.15, 0.2) is 6.10 Å². The average Bonchev–Trinajstić information content (AvgIpc) is 2.47. The van der Waals surface area contributed by atoms with Crippen LogP contribution in [0.15, 0.2) is 24.3 Å². The smallest absolute Gasteiger partial charge is 0.337 e. The number of carbonyl (C=O) groups excluding carboxylic acids is 2. The fourth-order valence-corrected chi connectivity index (χ4v) is 1.79. The second kappa shape index (κ2) is 5.50. The quantitative estimate of drug-likeness (QED) is 0.732. The molecule has 0 radical (unpaired) electrons. The van der Waals surface area contributed by atoms with E-state index in [1.807, 2.05) is 6.07 Å². The molecule has 0 saturated carbocycles. The standard InChI is InChI=1S/C13H12N2O4/c1-18-13(17)9-2-4-10(5-3-9)15-7-11(6-14)19-8-12(15)16/h2-5,11H,7-8H2,1H3. The largest absolute Gasteiger partial charge is 0.465 e. The lowest BCUT2D eigenvalue weighted by Crippen LogP contribution is -2.46. The predicted molar refractivity (Wildman–Crippen MR) is 65.5 cm³/mol. The van der Waals surface area contributed by atoms with Crippen LogP contribution in [-0.2, 0) is 14.3 Å². The third kappa shape index (κ3) is 2.72. The van der Waals surface area contributed by atoms with Crippen LogP contribution in [0.4, 0.5) is 5.69 Å². The lowest BCUT2D eigenvalue weighted by Gasteiger charge is -2.29. The van der Waals surface area contributed by atoms with Gasteiger partial charge in [0.05, 0.1) is 25.3 Å². The van der Waals surface area contributed by atoms with Crippen molar-refractivity contribution in [2.45, 2.75) is 6.10 Å². The molecule has 0 N–H and O–H groups in total. The summed E-state index contributed by atoms with van der Waals surface area (Å²) in [4.78, 5) is 24.5. The number of carbonyl (C=O) groups is 2. The first-order valence-corrected chi connectivity index (χ1v) is 5.65. The molecule has 0 aromatic heterocycles. The van der Waals surface area contributed by atoms with Crippen LogP contribution in [0.25, 0.3) is 0 Å². The van der Waals surface area contributed by atoms with Crippen molar-refractivity contribution in [3.63, 3.8) is 0 Å². The minimum absolute atomic E-state index is 0.114. The van der Waals surface area contributed by atoms with E-state index in [1.54, 1.807) is 24.3 Å². The van der Waals surface area contributed by atoms with Crippen molar-refractivity contribution < 1.29 is 19.1 Å². The van der Waals surface area contributed by atoms with Crippen molar-refractivity contribution in [2.75, 3.05) is 25.2 Å². The van der Waals surface area contributed by atoms with E-state index in [1.165, 1.54) is 12.0 Å². The van der Waals surface area contributed by atoms with E-state index < -0.39 is 12.1 Å². The van der Waals surface area contributed by atoms with Crippen molar-refractivity contribution in [3.8, 4) is 6.07 Å². The van der Waals surface area contributed by atoms with Crippen molar-refractivity contribution in [2.24, 2.45) is 0 Å². The van der Waals surface area contributed by atoms with E-state index >= 15 is 0 Å². The van der Waals surface area contributed by atoms with E-state index in [-0.39, 0.29) is 19.1 Å². The molecule has 0 aliphatic carbocycles. The summed E-state index contributed by atoms with van der Waals surface area (Å²) in [6, 6.07) is 8.41. The van der Waals surface area contributed by atoms with Crippen molar-refractivity contribution in [1.29, 1.82) is 5.26 Å². The number of ether oxygens (including phenoxy) is 2. The Bertz CT molecular complexity index is 533. The summed E-state index contributed by atoms with van der Waals surface area (Å²) in [5.41, 5.74) is 1.03. The van der Waals surface area contributed by atoms with Gasteiger partial charge in [-0.25, -0.2) is 4.79 Å². The number of morpholine rings is 1. The Morgan fingerprint density at radius 1 is 1.47 bits per heavy atom. The van der Waals surface area contributed by atoms with Gasteiger partial charge in [0, 0.05) is 5.69 Å². The van der Waals surface area contributed by atoms with Gasteiger partial charge < -0.3 is 14.4 Å². The van der Waals surface area contributed by atoms with E-state index in [4.69, 9.17) is 10.00 Å². The highest BCUT2D eigenvalue weighted by Gasteiger charge is 2.27. The average molecular weight is 260 g/mol. The van der Waals surface area contributed by atoms with Gasteiger partial charge in [-0.15, -0.1) is 0 Å². The summed E-state index contributed by atoms with van der Waals surface area (Å²) in [6.45, 7) is 0.0733. The van der Waals surface area contributed by atoms with E-state index in [0.717, 1.165) is 0 Å². The monoisotopic (exact) mass is 260 g/mol. The number of anilines is 1. The number of amides is 1. The zero-order valence-corrected chi connectivity index (χ0v) is 10.3. The molecule has 1 saturated heterocycles. The molecule has 1 aromatic rings. The summed E-state index contributed by atoms with van der Waals surface area (Å²) < 4.78 is 9.64. The number of benzene rings is 1. The second-order valence-corrected chi connectivity index (χ2v) is 3.97. The molecule has 2 rings (SSSR count). The van der Waals surface area contributed by atoms with Crippen molar-refractivity contribution in [3.05, 3.63) is 29.8 Å². The molecule has 6 heteroatoms. The molecule has 0 spiro atoms. The fraction of sp³-hybridized carbons (Fsp3) is 0.308. The van der Waals surface area contributed by atoms with Crippen LogP contribution in [0.5, 0.6) is 0 Å². The molecule has 1 aliphatic rings. The molecule has 1 aliphatic heterocycles. The maximum Gasteiger partial charge on any atom is 0.337 e. The van der Waals surface area contributed by atoms with Gasteiger partial charge in [0.1, 0.15) is 6.61 Å². The molecule has 1 atom stereocenters. The SMILES string of the molecule is COC(=O)c1ccc(N2CC(C#N)OCC2=O)cc1. The number of rotatable bonds is 2. The third-order valence-corrected chi connectivity index (χ3v) is 2.80. The molecular weight excluding hydrogens is 248 g/mol. The fourth-order valence-electron chi connectivity index (χ4n) is 1.79. The molecular formula is C13H12N2O4. The number of hydrogen-bond donors (Lipinski definition) is 0. The minimum Gasteiger partial charge on any atom is -0.465 e. The van der Waals surface area contributed by atoms with Gasteiger partial charge in [-0.05, 0) is 24.3 Å². The molecule has 0 bridgehead atoms. The van der Waals surface area contributed by atoms with E-state index in [2.05, 4.69) is 4.74 Å². The zero-order chi connectivity index (χ0) is 13.8. The van der Waals surface area contributed by atoms with Crippen LogP contribution in [0.3, 0.4) is 0 Å². The summed E-state index contributed by atoms with van der Waals surface area (Å²) >= 11 is 0. The number of esters is 1. The Labute approximate surface area is 110 Å². The van der Waals surface area contributed by atoms with Crippen LogP contribution in [0, 0.1) is 11.3 Å². The lowest BCUT2D eigenvalue weighted by molar-refractivity contribution is -0.127. The van der Waals surface area contributed by atoms with Crippen molar-refractivity contribution in [1.82, 2.24) is 0 Å². The molecule has 1 fully saturated rings. The maximum absolute atomic E-state index is 11.7. The summed E-state index contributed by atoms with van der Waals surface area (Å²) in [5.74, 6) is -0.646. The number of methoxy groups -OCH3 is 1. The molecule has 98 valence electrons. The molecule has 6 nitrogen and oxygen atoms in total. The second-order valence-electron chi connectivity index (χ2n) is 3.97. The van der Waals surface area contributed by atoms with Crippen LogP contribution in [-0.4, -0.2) is 38.2 Å². The Balaban J connectivity index is 2.19. The van der Waals surface area contributed by atoms with Gasteiger partial charge in [-0.1, -0.05) is 0 Å². The number of nitriles is 1. The predicted octanol–water partition coefficient (Wildman–Crippen LogP) is 0.729. The van der Waals surface area contributed by atoms with Crippen LogP contribution < -0.4 is 4.90 Å². The topological polar surface area (TPSA) is 79.6 Å². The van der Waals surface area contributed by atoms with Gasteiger partial charge in [-0.2, -0.15) is 5.26 Å². The minimum atomic E-state index is -0.627. The molecule has 1 aromatic carbocycles. The van der Waals surface area contributed by atoms with Crippen LogP contribution in [0.1, 0.15) is 10.4 Å². The molecule has 1 heterocycles. The third-order valence-electron chi connectivity index (χ3n) is 2.80. The number of nitrogens with zero attached hydrogens (tertiary/aromatic N) is 2. The zero-order valence-electron chi connectivity index (χ0n) is 10.3. The maximum atomic E-state index is 11.7. The van der Waals surface area contributed by atoms with Gasteiger partial charge in [-0.3, -0.25) is 4.79 Å². The normalized spacial score (nSPS) is 18.8. The Morgan fingerprint density at radius 2 is 2.16 bits per heavy atom. The summed E-state index contributed by atoms with van der Waals surface area (Å²) in [7, 11) is 1.30. The Kier molecular flexibility index (Phi) is 3.78. The Hall–Kier alpha value is -2.39. The van der Waals surface area contributed by atoms with Crippen molar-refractivity contribution >= 4 is 17.6 Å². The van der Waals surface area contributed by atoms with Gasteiger partial charge >= 0.3 is 5.97 Å². The highest BCUT2D eigenvalue weighted by molar-refractivity contribution is 5.96. The first-order chi connectivity index (χ1) is 9.15. The lowest BCUT2D eigenvalue weighted by atomic mass is 10.1. The first-order valence-electron chi connectivity index (χ1n) is 5.65. The van der Waals surface area contributed by atoms with Crippen LogP contribution >= 0.6 is 0 Å². The molecule has 19 heavy (non-hydrogen) atoms. The molecule has 1 amide bonds. The van der Waals surface area contributed by atoms with E-state index in [0.29, 0.717) is 11.3 Å². The Morgan fingerprint density at radius 3 is 2.74 bits per heavy atom. The van der Waals surface area contributed by atoms with Gasteiger partial charge in [0.25, 0.3) is 5.91 Å². The molecule has 1 unspecified atom stereocenters. The summed E-state index contributed by atoms with van der Waals surface area (Å²) in [5, 5.41) is 8.82. The highest BCUT2D eigenvalue weighted by Crippen LogP contribution is 2.19. The van der Waals surface area contributed by atoms with Gasteiger partial charge in [0.2, 0.25) is 0 Å².